The first-order valence-corrected chi connectivity index (χ1v) is 6.81. The Bertz CT molecular complexity index is 638. The molecular weight excluding hydrogens is 222 g/mol. The van der Waals surface area contributed by atoms with Crippen LogP contribution < -0.4 is 0 Å². The summed E-state index contributed by atoms with van der Waals surface area (Å²) in [5.41, 5.74) is 3.85. The van der Waals surface area contributed by atoms with Gasteiger partial charge in [0.1, 0.15) is 12.0 Å². The first-order valence-electron chi connectivity index (χ1n) is 6.81. The highest BCUT2D eigenvalue weighted by atomic mass is 15.1. The second kappa shape index (κ2) is 3.67. The van der Waals surface area contributed by atoms with Gasteiger partial charge >= 0.3 is 0 Å². The fraction of sp³-hybridized carbons (Fsp3) is 0.467. The van der Waals surface area contributed by atoms with E-state index >= 15 is 0 Å². The largest absolute Gasteiger partial charge is 0.325 e. The van der Waals surface area contributed by atoms with Gasteiger partial charge in [-0.3, -0.25) is 0 Å². The maximum absolute atomic E-state index is 4.46. The molecule has 0 N–H and O–H groups in total. The van der Waals surface area contributed by atoms with Crippen molar-refractivity contribution in [3.8, 4) is 0 Å². The van der Waals surface area contributed by atoms with Crippen molar-refractivity contribution >= 4 is 11.0 Å². The van der Waals surface area contributed by atoms with Crippen molar-refractivity contribution in [1.82, 2.24) is 14.5 Å². The fourth-order valence-corrected chi connectivity index (χ4v) is 3.60. The smallest absolute Gasteiger partial charge is 0.144 e. The average molecular weight is 239 g/mol. The van der Waals surface area contributed by atoms with Crippen LogP contribution in [0.1, 0.15) is 37.4 Å². The zero-order valence-corrected chi connectivity index (χ0v) is 10.6. The minimum absolute atomic E-state index is 0.511. The molecule has 0 bridgehead atoms. The lowest BCUT2D eigenvalue weighted by Gasteiger charge is -2.13. The molecule has 0 aromatic carbocycles. The van der Waals surface area contributed by atoms with Crippen molar-refractivity contribution < 1.29 is 0 Å². The SMILES string of the molecule is Cc1ncnc2c1ccn2C1C=C2CCCC2C1. The highest BCUT2D eigenvalue weighted by Gasteiger charge is 2.31. The summed E-state index contributed by atoms with van der Waals surface area (Å²) >= 11 is 0. The van der Waals surface area contributed by atoms with Gasteiger partial charge in [-0.2, -0.15) is 0 Å². The number of hydrogen-bond acceptors (Lipinski definition) is 2. The van der Waals surface area contributed by atoms with Crippen molar-refractivity contribution in [2.75, 3.05) is 0 Å². The highest BCUT2D eigenvalue weighted by molar-refractivity contribution is 5.78. The van der Waals surface area contributed by atoms with E-state index in [4.69, 9.17) is 0 Å². The Balaban J connectivity index is 1.80. The molecule has 2 aliphatic carbocycles. The van der Waals surface area contributed by atoms with Gasteiger partial charge in [-0.1, -0.05) is 11.6 Å². The first-order chi connectivity index (χ1) is 8.83. The average Bonchev–Trinajstić information content (AvgIpc) is 3.00. The number of nitrogens with zero attached hydrogens (tertiary/aromatic N) is 3. The Labute approximate surface area is 107 Å². The number of aryl methyl sites for hydroxylation is 1. The molecule has 3 nitrogen and oxygen atoms in total. The van der Waals surface area contributed by atoms with Gasteiger partial charge in [-0.15, -0.1) is 0 Å². The van der Waals surface area contributed by atoms with E-state index in [0.29, 0.717) is 6.04 Å². The van der Waals surface area contributed by atoms with E-state index in [0.717, 1.165) is 17.3 Å². The lowest BCUT2D eigenvalue weighted by molar-refractivity contribution is 0.503. The lowest BCUT2D eigenvalue weighted by Crippen LogP contribution is -2.05. The molecule has 2 aromatic heterocycles. The standard InChI is InChI=1S/C15H17N3/c1-10-14-5-6-18(15(14)17-9-16-10)13-7-11-3-2-4-12(11)8-13/h5-7,9,12-13H,2-4,8H2,1H3. The zero-order chi connectivity index (χ0) is 12.1. The van der Waals surface area contributed by atoms with Gasteiger partial charge in [0, 0.05) is 11.6 Å². The Kier molecular flexibility index (Phi) is 2.10. The van der Waals surface area contributed by atoms with Crippen molar-refractivity contribution in [1.29, 1.82) is 0 Å². The van der Waals surface area contributed by atoms with E-state index in [9.17, 15) is 0 Å². The van der Waals surface area contributed by atoms with Gasteiger partial charge in [0.05, 0.1) is 11.7 Å². The van der Waals surface area contributed by atoms with Crippen LogP contribution in [0, 0.1) is 12.8 Å². The summed E-state index contributed by atoms with van der Waals surface area (Å²) < 4.78 is 2.33. The predicted molar refractivity (Wildman–Crippen MR) is 71.3 cm³/mol. The molecule has 0 radical (unpaired) electrons. The molecule has 2 atom stereocenters. The van der Waals surface area contributed by atoms with Crippen LogP contribution in [-0.4, -0.2) is 14.5 Å². The number of hydrogen-bond donors (Lipinski definition) is 0. The Morgan fingerprint density at radius 2 is 2.28 bits per heavy atom. The van der Waals surface area contributed by atoms with Crippen molar-refractivity contribution in [3.63, 3.8) is 0 Å². The van der Waals surface area contributed by atoms with Crippen molar-refractivity contribution in [2.45, 2.75) is 38.6 Å². The Morgan fingerprint density at radius 1 is 1.33 bits per heavy atom. The van der Waals surface area contributed by atoms with Crippen LogP contribution in [-0.2, 0) is 0 Å². The maximum atomic E-state index is 4.46. The molecule has 0 saturated heterocycles. The summed E-state index contributed by atoms with van der Waals surface area (Å²) in [6.07, 6.45) is 11.7. The van der Waals surface area contributed by atoms with Gasteiger partial charge in [-0.05, 0) is 44.6 Å². The third-order valence-corrected chi connectivity index (χ3v) is 4.54. The van der Waals surface area contributed by atoms with E-state index in [2.05, 4.69) is 39.8 Å². The van der Waals surface area contributed by atoms with Crippen LogP contribution in [0.2, 0.25) is 0 Å². The topological polar surface area (TPSA) is 30.7 Å². The molecule has 0 spiro atoms. The Morgan fingerprint density at radius 3 is 3.17 bits per heavy atom. The lowest BCUT2D eigenvalue weighted by atomic mass is 10.0. The number of fused-ring (bicyclic) bond motifs is 2. The minimum atomic E-state index is 0.511. The summed E-state index contributed by atoms with van der Waals surface area (Å²) in [5.74, 6) is 0.843. The molecule has 0 amide bonds. The summed E-state index contributed by atoms with van der Waals surface area (Å²) in [7, 11) is 0. The van der Waals surface area contributed by atoms with Crippen LogP contribution in [0.4, 0.5) is 0 Å². The molecule has 2 aliphatic rings. The molecule has 2 unspecified atom stereocenters. The molecule has 2 heterocycles. The van der Waals surface area contributed by atoms with Crippen LogP contribution in [0.5, 0.6) is 0 Å². The molecule has 92 valence electrons. The van der Waals surface area contributed by atoms with Crippen molar-refractivity contribution in [2.24, 2.45) is 5.92 Å². The molecule has 2 aromatic rings. The van der Waals surface area contributed by atoms with Gasteiger partial charge in [0.25, 0.3) is 0 Å². The summed E-state index contributed by atoms with van der Waals surface area (Å²) in [4.78, 5) is 8.73. The molecule has 1 saturated carbocycles. The molecule has 18 heavy (non-hydrogen) atoms. The molecule has 1 fully saturated rings. The summed E-state index contributed by atoms with van der Waals surface area (Å²) in [5, 5.41) is 1.19. The maximum Gasteiger partial charge on any atom is 0.144 e. The van der Waals surface area contributed by atoms with Crippen LogP contribution >= 0.6 is 0 Å². The molecule has 3 heteroatoms. The van der Waals surface area contributed by atoms with Crippen LogP contribution in [0.25, 0.3) is 11.0 Å². The van der Waals surface area contributed by atoms with E-state index in [-0.39, 0.29) is 0 Å². The van der Waals surface area contributed by atoms with Gasteiger partial charge in [0.15, 0.2) is 0 Å². The minimum Gasteiger partial charge on any atom is -0.325 e. The van der Waals surface area contributed by atoms with E-state index in [1.54, 1.807) is 11.9 Å². The van der Waals surface area contributed by atoms with Gasteiger partial charge in [-0.25, -0.2) is 9.97 Å². The molecular formula is C15H17N3. The number of allylic oxidation sites excluding steroid dienone is 2. The third-order valence-electron chi connectivity index (χ3n) is 4.54. The Hall–Kier alpha value is -1.64. The quantitative estimate of drug-likeness (QED) is 0.714. The monoisotopic (exact) mass is 239 g/mol. The van der Waals surface area contributed by atoms with E-state index in [1.807, 2.05) is 0 Å². The first kappa shape index (κ1) is 10.3. The number of aromatic nitrogens is 3. The molecule has 4 rings (SSSR count). The van der Waals surface area contributed by atoms with Gasteiger partial charge < -0.3 is 4.57 Å². The zero-order valence-electron chi connectivity index (χ0n) is 10.6. The summed E-state index contributed by atoms with van der Waals surface area (Å²) in [6, 6.07) is 2.66. The third kappa shape index (κ3) is 1.36. The second-order valence-corrected chi connectivity index (χ2v) is 5.55. The molecule has 0 aliphatic heterocycles. The second-order valence-electron chi connectivity index (χ2n) is 5.55. The van der Waals surface area contributed by atoms with Crippen molar-refractivity contribution in [3.05, 3.63) is 35.9 Å². The number of rotatable bonds is 1. The van der Waals surface area contributed by atoms with Crippen LogP contribution in [0.15, 0.2) is 30.2 Å². The highest BCUT2D eigenvalue weighted by Crippen LogP contribution is 2.44. The van der Waals surface area contributed by atoms with E-state index in [1.165, 1.54) is 31.1 Å². The summed E-state index contributed by atoms with van der Waals surface area (Å²) in [6.45, 7) is 2.05. The normalized spacial score (nSPS) is 26.6. The van der Waals surface area contributed by atoms with Crippen LogP contribution in [0.3, 0.4) is 0 Å². The van der Waals surface area contributed by atoms with Gasteiger partial charge in [0.2, 0.25) is 0 Å². The van der Waals surface area contributed by atoms with E-state index < -0.39 is 0 Å². The fourth-order valence-electron chi connectivity index (χ4n) is 3.60. The predicted octanol–water partition coefficient (Wildman–Crippen LogP) is 3.41.